The van der Waals surface area contributed by atoms with Gasteiger partial charge < -0.3 is 10.2 Å². The maximum absolute atomic E-state index is 13.6. The number of rotatable bonds is 8. The Morgan fingerprint density at radius 3 is 2.52 bits per heavy atom. The van der Waals surface area contributed by atoms with Crippen molar-refractivity contribution in [1.29, 1.82) is 0 Å². The maximum Gasteiger partial charge on any atom is 0.230 e. The number of carbonyl (C=O) groups is 1. The number of alkyl halides is 2. The molecule has 0 spiro atoms. The Bertz CT molecular complexity index is 805. The van der Waals surface area contributed by atoms with E-state index in [1.54, 1.807) is 12.1 Å². The third-order valence-electron chi connectivity index (χ3n) is 4.43. The number of carbonyl (C=O) groups excluding carboxylic acids is 1. The van der Waals surface area contributed by atoms with Crippen LogP contribution in [0.25, 0.3) is 0 Å². The summed E-state index contributed by atoms with van der Waals surface area (Å²) in [4.78, 5) is 17.8. The van der Waals surface area contributed by atoms with Crippen molar-refractivity contribution in [1.82, 2.24) is 5.32 Å². The van der Waals surface area contributed by atoms with Crippen LogP contribution in [0.3, 0.4) is 0 Å². The predicted molar refractivity (Wildman–Crippen MR) is 99.6 cm³/mol. The Morgan fingerprint density at radius 2 is 1.85 bits per heavy atom. The van der Waals surface area contributed by atoms with Gasteiger partial charge >= 0.3 is 0 Å². The lowest BCUT2D eigenvalue weighted by Gasteiger charge is -2.14. The normalized spacial score (nSPS) is 14.1. The highest BCUT2D eigenvalue weighted by atomic mass is 19.1. The van der Waals surface area contributed by atoms with Crippen molar-refractivity contribution in [3.8, 4) is 0 Å². The van der Waals surface area contributed by atoms with Crippen molar-refractivity contribution in [3.63, 3.8) is 0 Å². The summed E-state index contributed by atoms with van der Waals surface area (Å²) in [5, 5.41) is 6.73. The minimum Gasteiger partial charge on any atom is -0.394 e. The molecule has 0 unspecified atom stereocenters. The molecule has 2 aromatic rings. The van der Waals surface area contributed by atoms with Gasteiger partial charge in [0, 0.05) is 5.56 Å². The standard InChI is InChI=1S/C21H22F2N2O2/c22-12-17-7-4-8-18(19(17)13-23)21(25-27-14-16-9-10-16)24-20(26)11-15-5-2-1-3-6-15/h1-8,16H,9-14H2,(H,24,25,26). The van der Waals surface area contributed by atoms with Crippen molar-refractivity contribution in [2.24, 2.45) is 11.1 Å². The van der Waals surface area contributed by atoms with Crippen LogP contribution in [0.15, 0.2) is 53.7 Å². The van der Waals surface area contributed by atoms with Gasteiger partial charge in [0.05, 0.1) is 6.42 Å². The first-order chi connectivity index (χ1) is 13.2. The highest BCUT2D eigenvalue weighted by Crippen LogP contribution is 2.29. The van der Waals surface area contributed by atoms with Crippen molar-refractivity contribution >= 4 is 11.7 Å². The highest BCUT2D eigenvalue weighted by Gasteiger charge is 2.22. The van der Waals surface area contributed by atoms with Crippen molar-refractivity contribution in [2.45, 2.75) is 32.6 Å². The molecule has 0 saturated heterocycles. The third-order valence-corrected chi connectivity index (χ3v) is 4.43. The summed E-state index contributed by atoms with van der Waals surface area (Å²) in [5.41, 5.74) is 1.59. The SMILES string of the molecule is O=C(Cc1ccccc1)N/C(=N\OCC1CC1)c1cccc(CF)c1CF. The fourth-order valence-electron chi connectivity index (χ4n) is 2.73. The Labute approximate surface area is 157 Å². The summed E-state index contributed by atoms with van der Waals surface area (Å²) in [7, 11) is 0. The van der Waals surface area contributed by atoms with Crippen LogP contribution in [0, 0.1) is 5.92 Å². The summed E-state index contributed by atoms with van der Waals surface area (Å²) in [6.45, 7) is -1.20. The van der Waals surface area contributed by atoms with Crippen LogP contribution in [0.1, 0.15) is 35.1 Å². The quantitative estimate of drug-likeness (QED) is 0.431. The van der Waals surface area contributed by atoms with E-state index in [1.807, 2.05) is 30.3 Å². The Balaban J connectivity index is 1.81. The molecular formula is C21H22F2N2O2. The number of halogens is 2. The molecule has 2 aromatic carbocycles. The maximum atomic E-state index is 13.6. The van der Waals surface area contributed by atoms with Crippen molar-refractivity contribution in [3.05, 3.63) is 70.8 Å². The molecule has 27 heavy (non-hydrogen) atoms. The number of benzene rings is 2. The molecule has 0 aliphatic heterocycles. The van der Waals surface area contributed by atoms with E-state index in [1.165, 1.54) is 6.07 Å². The number of nitrogens with one attached hydrogen (secondary N) is 1. The monoisotopic (exact) mass is 372 g/mol. The van der Waals surface area contributed by atoms with Crippen LogP contribution >= 0.6 is 0 Å². The summed E-state index contributed by atoms with van der Waals surface area (Å²) < 4.78 is 26.8. The van der Waals surface area contributed by atoms with Crippen molar-refractivity contribution in [2.75, 3.05) is 6.61 Å². The zero-order valence-electron chi connectivity index (χ0n) is 15.0. The van der Waals surface area contributed by atoms with Crippen LogP contribution in [-0.2, 0) is 29.4 Å². The third kappa shape index (κ3) is 5.36. The molecule has 1 fully saturated rings. The van der Waals surface area contributed by atoms with Gasteiger partial charge in [0.25, 0.3) is 0 Å². The van der Waals surface area contributed by atoms with Crippen LogP contribution in [0.5, 0.6) is 0 Å². The van der Waals surface area contributed by atoms with Gasteiger partial charge in [0.15, 0.2) is 5.84 Å². The molecule has 1 aliphatic rings. The second-order valence-corrected chi connectivity index (χ2v) is 6.60. The molecule has 0 heterocycles. The fourth-order valence-corrected chi connectivity index (χ4v) is 2.73. The van der Waals surface area contributed by atoms with Crippen molar-refractivity contribution < 1.29 is 18.4 Å². The molecule has 0 aromatic heterocycles. The van der Waals surface area contributed by atoms with Gasteiger partial charge in [0.2, 0.25) is 5.91 Å². The number of nitrogens with zero attached hydrogens (tertiary/aromatic N) is 1. The van der Waals surface area contributed by atoms with E-state index >= 15 is 0 Å². The van der Waals surface area contributed by atoms with Crippen LogP contribution < -0.4 is 5.32 Å². The number of amides is 1. The van der Waals surface area contributed by atoms with E-state index in [2.05, 4.69) is 10.5 Å². The minimum absolute atomic E-state index is 0.111. The molecule has 1 amide bonds. The minimum atomic E-state index is -0.856. The van der Waals surface area contributed by atoms with Gasteiger partial charge in [-0.3, -0.25) is 4.79 Å². The molecule has 1 saturated carbocycles. The van der Waals surface area contributed by atoms with E-state index in [0.29, 0.717) is 18.1 Å². The fraction of sp³-hybridized carbons (Fsp3) is 0.333. The molecule has 0 radical (unpaired) electrons. The van der Waals surface area contributed by atoms with E-state index < -0.39 is 13.3 Å². The number of amidine groups is 1. The smallest absolute Gasteiger partial charge is 0.230 e. The van der Waals surface area contributed by atoms with E-state index in [-0.39, 0.29) is 29.3 Å². The topological polar surface area (TPSA) is 50.7 Å². The lowest BCUT2D eigenvalue weighted by atomic mass is 10.0. The van der Waals surface area contributed by atoms with Crippen LogP contribution in [0.2, 0.25) is 0 Å². The molecule has 1 aliphatic carbocycles. The molecule has 4 nitrogen and oxygen atoms in total. The number of oxime groups is 1. The first kappa shape index (κ1) is 19.0. The molecule has 6 heteroatoms. The number of hydrogen-bond donors (Lipinski definition) is 1. The van der Waals surface area contributed by atoms with Gasteiger partial charge in [-0.1, -0.05) is 53.7 Å². The van der Waals surface area contributed by atoms with E-state index in [0.717, 1.165) is 18.4 Å². The lowest BCUT2D eigenvalue weighted by Crippen LogP contribution is -2.33. The van der Waals surface area contributed by atoms with Gasteiger partial charge in [-0.05, 0) is 35.4 Å². The average Bonchev–Trinajstić information content (AvgIpc) is 3.51. The first-order valence-corrected chi connectivity index (χ1v) is 8.98. The molecule has 1 N–H and O–H groups in total. The Kier molecular flexibility index (Phi) is 6.52. The summed E-state index contributed by atoms with van der Waals surface area (Å²) in [6.07, 6.45) is 2.34. The zero-order chi connectivity index (χ0) is 19.1. The Morgan fingerprint density at radius 1 is 1.07 bits per heavy atom. The molecular weight excluding hydrogens is 350 g/mol. The summed E-state index contributed by atoms with van der Waals surface area (Å²) in [6, 6.07) is 14.0. The second kappa shape index (κ2) is 9.26. The molecule has 0 bridgehead atoms. The highest BCUT2D eigenvalue weighted by molar-refractivity contribution is 6.09. The molecule has 3 rings (SSSR count). The first-order valence-electron chi connectivity index (χ1n) is 8.98. The van der Waals surface area contributed by atoms with Gasteiger partial charge in [-0.2, -0.15) is 0 Å². The van der Waals surface area contributed by atoms with Crippen LogP contribution in [0.4, 0.5) is 8.78 Å². The molecule has 142 valence electrons. The predicted octanol–water partition coefficient (Wildman–Crippen LogP) is 4.07. The lowest BCUT2D eigenvalue weighted by molar-refractivity contribution is -0.119. The largest absolute Gasteiger partial charge is 0.394 e. The summed E-state index contributed by atoms with van der Waals surface area (Å²) >= 11 is 0. The zero-order valence-corrected chi connectivity index (χ0v) is 15.0. The molecule has 0 atom stereocenters. The van der Waals surface area contributed by atoms with Gasteiger partial charge in [0.1, 0.15) is 20.0 Å². The van der Waals surface area contributed by atoms with E-state index in [4.69, 9.17) is 4.84 Å². The average molecular weight is 372 g/mol. The van der Waals surface area contributed by atoms with Gasteiger partial charge in [-0.25, -0.2) is 8.78 Å². The van der Waals surface area contributed by atoms with Crippen LogP contribution in [-0.4, -0.2) is 18.3 Å². The van der Waals surface area contributed by atoms with E-state index in [9.17, 15) is 13.6 Å². The number of hydrogen-bond acceptors (Lipinski definition) is 3. The summed E-state index contributed by atoms with van der Waals surface area (Å²) in [5.74, 6) is 0.290. The van der Waals surface area contributed by atoms with Gasteiger partial charge in [-0.15, -0.1) is 0 Å². The second-order valence-electron chi connectivity index (χ2n) is 6.60. The Hall–Kier alpha value is -2.76.